The second-order valence-electron chi connectivity index (χ2n) is 4.41. The number of Topliss-reactive ketones (excluding diaryl/α,β-unsaturated/α-hetero) is 2. The molecule has 0 aromatic carbocycles. The Morgan fingerprint density at radius 3 is 2.07 bits per heavy atom. The summed E-state index contributed by atoms with van der Waals surface area (Å²) in [7, 11) is 0. The van der Waals surface area contributed by atoms with Crippen LogP contribution in [0.1, 0.15) is 40.5 Å². The molecule has 0 aromatic heterocycles. The van der Waals surface area contributed by atoms with E-state index in [1.54, 1.807) is 6.92 Å². The fraction of sp³-hybridized carbons (Fsp3) is 0.818. The quantitative estimate of drug-likeness (QED) is 0.706. The van der Waals surface area contributed by atoms with Crippen LogP contribution in [-0.2, 0) is 9.59 Å². The average molecular weight is 199 g/mol. The van der Waals surface area contributed by atoms with Gasteiger partial charge in [-0.05, 0) is 19.3 Å². The lowest BCUT2D eigenvalue weighted by Gasteiger charge is -2.16. The Bertz CT molecular complexity index is 211. The third-order valence-corrected chi connectivity index (χ3v) is 2.23. The molecular formula is C11H21NO2. The summed E-state index contributed by atoms with van der Waals surface area (Å²) in [5.74, 6) is 0.418. The molecule has 3 nitrogen and oxygen atoms in total. The molecule has 0 bridgehead atoms. The van der Waals surface area contributed by atoms with Crippen LogP contribution in [0.2, 0.25) is 0 Å². The Kier molecular flexibility index (Phi) is 5.62. The van der Waals surface area contributed by atoms with Crippen molar-refractivity contribution < 1.29 is 9.59 Å². The van der Waals surface area contributed by atoms with Crippen molar-refractivity contribution >= 4 is 11.6 Å². The summed E-state index contributed by atoms with van der Waals surface area (Å²) in [4.78, 5) is 22.3. The molecular weight excluding hydrogens is 178 g/mol. The van der Waals surface area contributed by atoms with Gasteiger partial charge in [-0.15, -0.1) is 0 Å². The SMILES string of the molecule is CC(=O)CC(C)C[C@H](N)C(=O)C(C)C. The van der Waals surface area contributed by atoms with Crippen LogP contribution in [0.25, 0.3) is 0 Å². The first-order chi connectivity index (χ1) is 6.34. The van der Waals surface area contributed by atoms with Crippen LogP contribution in [-0.4, -0.2) is 17.6 Å². The summed E-state index contributed by atoms with van der Waals surface area (Å²) in [5, 5.41) is 0. The predicted molar refractivity (Wildman–Crippen MR) is 56.9 cm³/mol. The number of rotatable bonds is 6. The number of hydrogen-bond donors (Lipinski definition) is 1. The minimum Gasteiger partial charge on any atom is -0.321 e. The summed E-state index contributed by atoms with van der Waals surface area (Å²) in [6.45, 7) is 7.21. The van der Waals surface area contributed by atoms with Crippen molar-refractivity contribution in [3.63, 3.8) is 0 Å². The third-order valence-electron chi connectivity index (χ3n) is 2.23. The standard InChI is InChI=1S/C11H21NO2/c1-7(2)11(14)10(12)6-8(3)5-9(4)13/h7-8,10H,5-6,12H2,1-4H3/t8?,10-/m0/s1. The van der Waals surface area contributed by atoms with Gasteiger partial charge in [0, 0.05) is 12.3 Å². The van der Waals surface area contributed by atoms with Gasteiger partial charge < -0.3 is 10.5 Å². The van der Waals surface area contributed by atoms with E-state index in [1.807, 2.05) is 20.8 Å². The summed E-state index contributed by atoms with van der Waals surface area (Å²) in [5.41, 5.74) is 5.73. The van der Waals surface area contributed by atoms with Crippen molar-refractivity contribution in [2.45, 2.75) is 46.6 Å². The van der Waals surface area contributed by atoms with Crippen LogP contribution in [0.4, 0.5) is 0 Å². The summed E-state index contributed by atoms with van der Waals surface area (Å²) < 4.78 is 0. The molecule has 1 unspecified atom stereocenters. The maximum absolute atomic E-state index is 11.5. The lowest BCUT2D eigenvalue weighted by molar-refractivity contribution is -0.124. The van der Waals surface area contributed by atoms with Gasteiger partial charge in [-0.1, -0.05) is 20.8 Å². The highest BCUT2D eigenvalue weighted by Crippen LogP contribution is 2.12. The van der Waals surface area contributed by atoms with Crippen LogP contribution in [0.15, 0.2) is 0 Å². The van der Waals surface area contributed by atoms with E-state index >= 15 is 0 Å². The molecule has 0 amide bonds. The summed E-state index contributed by atoms with van der Waals surface area (Å²) >= 11 is 0. The van der Waals surface area contributed by atoms with E-state index in [-0.39, 0.29) is 23.4 Å². The van der Waals surface area contributed by atoms with E-state index in [4.69, 9.17) is 5.73 Å². The van der Waals surface area contributed by atoms with Gasteiger partial charge in [-0.2, -0.15) is 0 Å². The Balaban J connectivity index is 3.99. The highest BCUT2D eigenvalue weighted by molar-refractivity contribution is 5.85. The van der Waals surface area contributed by atoms with Crippen molar-refractivity contribution in [3.8, 4) is 0 Å². The Labute approximate surface area is 86.1 Å². The zero-order chi connectivity index (χ0) is 11.3. The van der Waals surface area contributed by atoms with Crippen molar-refractivity contribution in [3.05, 3.63) is 0 Å². The predicted octanol–water partition coefficient (Wildman–Crippen LogP) is 1.54. The fourth-order valence-electron chi connectivity index (χ4n) is 1.55. The van der Waals surface area contributed by atoms with Crippen LogP contribution >= 0.6 is 0 Å². The molecule has 14 heavy (non-hydrogen) atoms. The molecule has 2 atom stereocenters. The maximum atomic E-state index is 11.5. The van der Waals surface area contributed by atoms with Gasteiger partial charge in [0.2, 0.25) is 0 Å². The lowest BCUT2D eigenvalue weighted by Crippen LogP contribution is -2.35. The van der Waals surface area contributed by atoms with E-state index in [9.17, 15) is 9.59 Å². The molecule has 0 saturated carbocycles. The molecule has 0 rings (SSSR count). The first-order valence-corrected chi connectivity index (χ1v) is 5.13. The molecule has 0 aliphatic heterocycles. The largest absolute Gasteiger partial charge is 0.321 e. The fourth-order valence-corrected chi connectivity index (χ4v) is 1.55. The summed E-state index contributed by atoms with van der Waals surface area (Å²) in [6, 6.07) is -0.413. The molecule has 0 aliphatic carbocycles. The van der Waals surface area contributed by atoms with Crippen LogP contribution in [0, 0.1) is 11.8 Å². The second kappa shape index (κ2) is 5.91. The zero-order valence-electron chi connectivity index (χ0n) is 9.54. The normalized spacial score (nSPS) is 15.3. The second-order valence-corrected chi connectivity index (χ2v) is 4.41. The van der Waals surface area contributed by atoms with Crippen molar-refractivity contribution in [2.24, 2.45) is 17.6 Å². The first kappa shape index (κ1) is 13.3. The molecule has 2 N–H and O–H groups in total. The molecule has 0 saturated heterocycles. The van der Waals surface area contributed by atoms with E-state index in [1.165, 1.54) is 0 Å². The zero-order valence-corrected chi connectivity index (χ0v) is 9.54. The van der Waals surface area contributed by atoms with Gasteiger partial charge in [-0.3, -0.25) is 4.79 Å². The Morgan fingerprint density at radius 1 is 1.21 bits per heavy atom. The molecule has 0 fully saturated rings. The first-order valence-electron chi connectivity index (χ1n) is 5.13. The smallest absolute Gasteiger partial charge is 0.152 e. The third kappa shape index (κ3) is 5.12. The van der Waals surface area contributed by atoms with Crippen molar-refractivity contribution in [2.75, 3.05) is 0 Å². The number of ketones is 2. The van der Waals surface area contributed by atoms with E-state index in [2.05, 4.69) is 0 Å². The number of nitrogens with two attached hydrogens (primary N) is 1. The van der Waals surface area contributed by atoms with E-state index in [0.717, 1.165) is 0 Å². The molecule has 0 heterocycles. The topological polar surface area (TPSA) is 60.2 Å². The van der Waals surface area contributed by atoms with Gasteiger partial charge >= 0.3 is 0 Å². The number of hydrogen-bond acceptors (Lipinski definition) is 3. The molecule has 3 heteroatoms. The molecule has 0 aromatic rings. The minimum absolute atomic E-state index is 0.0190. The van der Waals surface area contributed by atoms with Gasteiger partial charge in [0.05, 0.1) is 6.04 Å². The Hall–Kier alpha value is -0.700. The van der Waals surface area contributed by atoms with Crippen LogP contribution in [0.3, 0.4) is 0 Å². The van der Waals surface area contributed by atoms with Gasteiger partial charge in [0.25, 0.3) is 0 Å². The molecule has 0 radical (unpaired) electrons. The molecule has 0 aliphatic rings. The van der Waals surface area contributed by atoms with Gasteiger partial charge in [0.1, 0.15) is 5.78 Å². The van der Waals surface area contributed by atoms with Crippen LogP contribution in [0.5, 0.6) is 0 Å². The van der Waals surface area contributed by atoms with Gasteiger partial charge in [-0.25, -0.2) is 0 Å². The van der Waals surface area contributed by atoms with Crippen molar-refractivity contribution in [1.29, 1.82) is 0 Å². The van der Waals surface area contributed by atoms with Crippen molar-refractivity contribution in [1.82, 2.24) is 0 Å². The van der Waals surface area contributed by atoms with Crippen LogP contribution < -0.4 is 5.73 Å². The average Bonchev–Trinajstić information content (AvgIpc) is 2.00. The van der Waals surface area contributed by atoms with E-state index in [0.29, 0.717) is 12.8 Å². The lowest BCUT2D eigenvalue weighted by atomic mass is 9.91. The minimum atomic E-state index is -0.413. The number of carbonyl (C=O) groups excluding carboxylic acids is 2. The van der Waals surface area contributed by atoms with Gasteiger partial charge in [0.15, 0.2) is 5.78 Å². The highest BCUT2D eigenvalue weighted by atomic mass is 16.1. The monoisotopic (exact) mass is 199 g/mol. The van der Waals surface area contributed by atoms with E-state index < -0.39 is 6.04 Å². The Morgan fingerprint density at radius 2 is 1.71 bits per heavy atom. The number of carbonyl (C=O) groups is 2. The highest BCUT2D eigenvalue weighted by Gasteiger charge is 2.19. The molecule has 82 valence electrons. The maximum Gasteiger partial charge on any atom is 0.152 e. The molecule has 0 spiro atoms. The summed E-state index contributed by atoms with van der Waals surface area (Å²) in [6.07, 6.45) is 1.12.